The topological polar surface area (TPSA) is 205 Å². The van der Waals surface area contributed by atoms with Crippen molar-refractivity contribution in [2.24, 2.45) is 17.3 Å². The lowest BCUT2D eigenvalue weighted by atomic mass is 9.59. The summed E-state index contributed by atoms with van der Waals surface area (Å²) < 4.78 is 49.5. The number of rotatable bonds is 12. The van der Waals surface area contributed by atoms with E-state index in [4.69, 9.17) is 19.2 Å². The number of nitrogens with zero attached hydrogens (tertiary/aromatic N) is 5. The highest BCUT2D eigenvalue weighted by Crippen LogP contribution is 2.54. The summed E-state index contributed by atoms with van der Waals surface area (Å²) in [7, 11) is -4.62. The van der Waals surface area contributed by atoms with Gasteiger partial charge in [-0.15, -0.1) is 0 Å². The molecule has 4 N–H and O–H groups in total. The smallest absolute Gasteiger partial charge is 0.293 e. The molecular weight excluding hydrogens is 949 g/mol. The maximum Gasteiger partial charge on any atom is 0.293 e. The molecule has 0 unspecified atom stereocenters. The van der Waals surface area contributed by atoms with Crippen molar-refractivity contribution in [3.05, 3.63) is 106 Å². The predicted octanol–water partition coefficient (Wildman–Crippen LogP) is 8.82. The Kier molecular flexibility index (Phi) is 13.4. The number of fused-ring (bicyclic) bond motifs is 3. The second-order valence-corrected chi connectivity index (χ2v) is 23.9. The molecule has 5 fully saturated rings. The minimum atomic E-state index is -4.62. The van der Waals surface area contributed by atoms with Gasteiger partial charge in [-0.05, 0) is 129 Å². The van der Waals surface area contributed by atoms with Crippen molar-refractivity contribution in [3.8, 4) is 5.88 Å². The van der Waals surface area contributed by atoms with Crippen molar-refractivity contribution in [2.45, 2.75) is 113 Å². The van der Waals surface area contributed by atoms with E-state index in [-0.39, 0.29) is 40.6 Å². The first-order valence-corrected chi connectivity index (χ1v) is 27.7. The number of aromatic amines is 1. The third-order valence-electron chi connectivity index (χ3n) is 17.0. The van der Waals surface area contributed by atoms with Gasteiger partial charge in [0.25, 0.3) is 21.6 Å². The number of H-pyrrole nitrogens is 1. The molecule has 3 saturated heterocycles. The number of carbonyl (C=O) groups is 1. The van der Waals surface area contributed by atoms with E-state index in [2.05, 4.69) is 62.9 Å². The van der Waals surface area contributed by atoms with Crippen molar-refractivity contribution < 1.29 is 37.5 Å². The fourth-order valence-corrected chi connectivity index (χ4v) is 13.6. The zero-order valence-corrected chi connectivity index (χ0v) is 42.9. The van der Waals surface area contributed by atoms with Crippen LogP contribution in [-0.4, -0.2) is 116 Å². The van der Waals surface area contributed by atoms with Crippen LogP contribution in [0.3, 0.4) is 0 Å². The molecular formula is C55H68N8O9S. The largest absolute Gasteiger partial charge is 0.472 e. The summed E-state index contributed by atoms with van der Waals surface area (Å²) in [5.41, 5.74) is 4.85. The van der Waals surface area contributed by atoms with Crippen LogP contribution in [-0.2, 0) is 19.5 Å². The normalized spacial score (nSPS) is 25.6. The van der Waals surface area contributed by atoms with Crippen molar-refractivity contribution in [3.63, 3.8) is 0 Å². The lowest BCUT2D eigenvalue weighted by molar-refractivity contribution is -0.384. The van der Waals surface area contributed by atoms with Crippen molar-refractivity contribution in [1.82, 2.24) is 19.6 Å². The summed E-state index contributed by atoms with van der Waals surface area (Å²) in [6, 6.07) is 22.7. The minimum absolute atomic E-state index is 0.100. The average Bonchev–Trinajstić information content (AvgIpc) is 3.77. The Morgan fingerprint density at radius 2 is 1.73 bits per heavy atom. The van der Waals surface area contributed by atoms with Crippen LogP contribution in [0.5, 0.6) is 5.88 Å². The van der Waals surface area contributed by atoms with Crippen LogP contribution in [0.1, 0.15) is 112 Å². The van der Waals surface area contributed by atoms with E-state index in [1.165, 1.54) is 23.3 Å². The van der Waals surface area contributed by atoms with Gasteiger partial charge in [-0.3, -0.25) is 19.8 Å². The molecule has 3 aromatic carbocycles. The molecule has 3 atom stereocenters. The standard InChI is InChI=1S/C55H68N8O9S/c1-35(2)42-6-4-5-7-43(42)49-34-71-25-23-61(49)40-29-55(30-40)18-21-60(22-19-55)39-8-10-44(46(27-39)62-32-38-33-70-24-15-50(38)72-53-48(62)26-37-14-20-56-51(37)58-53)52(64)59-73(68,69)41-9-11-45(47(28-41)63(66)67)57-31-36-12-16-54(3,65)17-13-36/h4-11,14,20,26-28,35-36,38,40,49-50,57,65H,12-13,15-19,21-25,29-34H2,1-3H3,(H,56,58)(H,59,64)/t36?,38-,49-,50-,54?/m0/s1. The fourth-order valence-electron chi connectivity index (χ4n) is 12.6. The Hall–Kier alpha value is -5.79. The molecule has 6 heterocycles. The molecule has 4 aliphatic heterocycles. The molecule has 2 aromatic heterocycles. The van der Waals surface area contributed by atoms with Gasteiger partial charge in [0.1, 0.15) is 23.1 Å². The molecule has 17 nitrogen and oxygen atoms in total. The van der Waals surface area contributed by atoms with Gasteiger partial charge in [0, 0.05) is 74.4 Å². The van der Waals surface area contributed by atoms with Crippen molar-refractivity contribution in [2.75, 3.05) is 74.3 Å². The maximum absolute atomic E-state index is 14.7. The molecule has 0 radical (unpaired) electrons. The van der Waals surface area contributed by atoms with Gasteiger partial charge in [-0.25, -0.2) is 13.1 Å². The van der Waals surface area contributed by atoms with Crippen LogP contribution in [0.4, 0.5) is 28.4 Å². The molecule has 6 aliphatic rings. The minimum Gasteiger partial charge on any atom is -0.472 e. The number of nitro groups is 1. The number of sulfonamides is 1. The highest BCUT2D eigenvalue weighted by Gasteiger charge is 2.50. The van der Waals surface area contributed by atoms with Gasteiger partial charge in [-0.2, -0.15) is 4.98 Å². The van der Waals surface area contributed by atoms with Gasteiger partial charge in [0.05, 0.1) is 59.1 Å². The molecule has 18 heteroatoms. The van der Waals surface area contributed by atoms with Gasteiger partial charge < -0.3 is 39.4 Å². The van der Waals surface area contributed by atoms with Gasteiger partial charge in [0.2, 0.25) is 5.88 Å². The quantitative estimate of drug-likeness (QED) is 0.0681. The van der Waals surface area contributed by atoms with E-state index in [1.54, 1.807) is 6.07 Å². The number of aliphatic hydroxyl groups is 1. The molecule has 1 amide bonds. The monoisotopic (exact) mass is 1020 g/mol. The Bertz CT molecular complexity index is 2970. The molecule has 0 bridgehead atoms. The Morgan fingerprint density at radius 1 is 0.945 bits per heavy atom. The number of piperidine rings is 1. The van der Waals surface area contributed by atoms with Gasteiger partial charge >= 0.3 is 0 Å². The molecule has 388 valence electrons. The van der Waals surface area contributed by atoms with Crippen LogP contribution < -0.4 is 24.6 Å². The van der Waals surface area contributed by atoms with E-state index in [0.717, 1.165) is 81.9 Å². The van der Waals surface area contributed by atoms with Crippen LogP contribution >= 0.6 is 0 Å². The van der Waals surface area contributed by atoms with Gasteiger partial charge in [0.15, 0.2) is 0 Å². The van der Waals surface area contributed by atoms with Gasteiger partial charge in [-0.1, -0.05) is 38.1 Å². The second-order valence-electron chi connectivity index (χ2n) is 22.2. The fraction of sp³-hybridized carbons (Fsp3) is 0.527. The molecule has 2 saturated carbocycles. The van der Waals surface area contributed by atoms with Crippen molar-refractivity contribution >= 4 is 55.4 Å². The Morgan fingerprint density at radius 3 is 2.51 bits per heavy atom. The molecule has 1 spiro atoms. The number of morpholine rings is 1. The number of ether oxygens (including phenoxy) is 3. The number of nitro benzene ring substituents is 1. The Balaban J connectivity index is 0.865. The maximum atomic E-state index is 14.7. The summed E-state index contributed by atoms with van der Waals surface area (Å²) in [4.78, 5) is 41.3. The highest BCUT2D eigenvalue weighted by atomic mass is 32.2. The van der Waals surface area contributed by atoms with E-state index in [9.17, 15) is 28.4 Å². The molecule has 2 aliphatic carbocycles. The SMILES string of the molecule is CC(C)c1ccccc1[C@@H]1COCCN1C1CC2(CCN(c3ccc(C(=O)NS(=O)(=O)c4ccc(NCC5CCC(C)(O)CC5)c([N+](=O)[O-])c4)c(N4C[C@H]5COCC[C@@H]5Oc5nc6[nH]ccc6cc54)c3)CC2)C1. The lowest BCUT2D eigenvalue weighted by Gasteiger charge is -2.57. The number of nitrogens with one attached hydrogen (secondary N) is 3. The average molecular weight is 1020 g/mol. The van der Waals surface area contributed by atoms with Crippen LogP contribution in [0, 0.1) is 27.4 Å². The highest BCUT2D eigenvalue weighted by molar-refractivity contribution is 7.90. The second kappa shape index (κ2) is 19.8. The third-order valence-corrected chi connectivity index (χ3v) is 18.3. The number of anilines is 4. The molecule has 5 aromatic rings. The zero-order valence-electron chi connectivity index (χ0n) is 42.1. The predicted molar refractivity (Wildman–Crippen MR) is 279 cm³/mol. The zero-order chi connectivity index (χ0) is 50.6. The number of aromatic nitrogens is 2. The number of benzene rings is 3. The van der Waals surface area contributed by atoms with E-state index in [0.29, 0.717) is 87.0 Å². The van der Waals surface area contributed by atoms with E-state index < -0.39 is 37.0 Å². The molecule has 11 rings (SSSR count). The summed E-state index contributed by atoms with van der Waals surface area (Å²) in [6.45, 7) is 12.2. The number of hydrogen-bond acceptors (Lipinski definition) is 14. The van der Waals surface area contributed by atoms with Crippen LogP contribution in [0.2, 0.25) is 0 Å². The first-order valence-electron chi connectivity index (χ1n) is 26.3. The number of pyridine rings is 1. The first-order chi connectivity index (χ1) is 35.1. The summed E-state index contributed by atoms with van der Waals surface area (Å²) in [5.74, 6) is 0.0460. The Labute approximate surface area is 427 Å². The summed E-state index contributed by atoms with van der Waals surface area (Å²) in [6.07, 6.45) is 9.40. The lowest BCUT2D eigenvalue weighted by Crippen LogP contribution is -2.58. The summed E-state index contributed by atoms with van der Waals surface area (Å²) >= 11 is 0. The van der Waals surface area contributed by atoms with Crippen LogP contribution in [0.15, 0.2) is 83.9 Å². The number of carbonyl (C=O) groups excluding carboxylic acids is 1. The van der Waals surface area contributed by atoms with E-state index in [1.807, 2.05) is 42.3 Å². The molecule has 73 heavy (non-hydrogen) atoms. The summed E-state index contributed by atoms with van der Waals surface area (Å²) in [5, 5.41) is 26.8. The van der Waals surface area contributed by atoms with Crippen LogP contribution in [0.25, 0.3) is 11.0 Å². The first kappa shape index (κ1) is 49.4. The number of hydrogen-bond donors (Lipinski definition) is 4. The number of amides is 1. The van der Waals surface area contributed by atoms with E-state index >= 15 is 0 Å². The van der Waals surface area contributed by atoms with Crippen molar-refractivity contribution in [1.29, 1.82) is 0 Å². The third kappa shape index (κ3) is 10.0.